The Hall–Kier alpha value is -1.00. The fourth-order valence-corrected chi connectivity index (χ4v) is 2.72. The van der Waals surface area contributed by atoms with Gasteiger partial charge in [0.25, 0.3) is 0 Å². The number of benzene rings is 1. The number of aliphatic carboxylic acids is 1. The first-order chi connectivity index (χ1) is 8.58. The van der Waals surface area contributed by atoms with Gasteiger partial charge in [0.05, 0.1) is 0 Å². The van der Waals surface area contributed by atoms with Crippen molar-refractivity contribution in [2.24, 2.45) is 5.73 Å². The second kappa shape index (κ2) is 6.81. The lowest BCUT2D eigenvalue weighted by Crippen LogP contribution is -2.43. The minimum Gasteiger partial charge on any atom is -0.481 e. The molecule has 3 nitrogen and oxygen atoms in total. The Morgan fingerprint density at radius 1 is 1.44 bits per heavy atom. The van der Waals surface area contributed by atoms with E-state index in [0.717, 1.165) is 23.3 Å². The Morgan fingerprint density at radius 2 is 2.11 bits per heavy atom. The summed E-state index contributed by atoms with van der Waals surface area (Å²) in [4.78, 5) is 11.7. The van der Waals surface area contributed by atoms with Crippen LogP contribution >= 0.6 is 11.8 Å². The molecule has 1 atom stereocenters. The molecule has 1 rings (SSSR count). The lowest BCUT2D eigenvalue weighted by atomic mass is 9.75. The standard InChI is InChI=1S/C14H21NO2S/c1-11-6-3-4-7-12(11)14(10-15,13(16)17)8-5-9-18-2/h3-4,6-7H,5,8-10,15H2,1-2H3,(H,16,17). The molecule has 0 bridgehead atoms. The Morgan fingerprint density at radius 3 is 2.61 bits per heavy atom. The highest BCUT2D eigenvalue weighted by molar-refractivity contribution is 7.98. The van der Waals surface area contributed by atoms with Crippen LogP contribution < -0.4 is 5.73 Å². The van der Waals surface area contributed by atoms with Crippen LogP contribution in [-0.2, 0) is 10.2 Å². The topological polar surface area (TPSA) is 63.3 Å². The first-order valence-electron chi connectivity index (χ1n) is 6.07. The summed E-state index contributed by atoms with van der Waals surface area (Å²) < 4.78 is 0. The third kappa shape index (κ3) is 3.06. The van der Waals surface area contributed by atoms with Crippen LogP contribution in [0, 0.1) is 6.92 Å². The van der Waals surface area contributed by atoms with Gasteiger partial charge in [-0.05, 0) is 42.9 Å². The highest BCUT2D eigenvalue weighted by Gasteiger charge is 2.39. The number of rotatable bonds is 7. The van der Waals surface area contributed by atoms with E-state index in [2.05, 4.69) is 0 Å². The number of aryl methyl sites for hydroxylation is 1. The zero-order valence-electron chi connectivity index (χ0n) is 11.0. The Kier molecular flexibility index (Phi) is 5.69. The molecule has 100 valence electrons. The van der Waals surface area contributed by atoms with Gasteiger partial charge in [-0.15, -0.1) is 0 Å². The normalized spacial score (nSPS) is 14.2. The molecule has 3 N–H and O–H groups in total. The van der Waals surface area contributed by atoms with Crippen molar-refractivity contribution in [3.05, 3.63) is 35.4 Å². The predicted molar refractivity (Wildman–Crippen MR) is 77.2 cm³/mol. The van der Waals surface area contributed by atoms with E-state index in [1.807, 2.05) is 37.4 Å². The van der Waals surface area contributed by atoms with Crippen molar-refractivity contribution < 1.29 is 9.90 Å². The van der Waals surface area contributed by atoms with E-state index in [0.29, 0.717) is 6.42 Å². The van der Waals surface area contributed by atoms with E-state index >= 15 is 0 Å². The number of carbonyl (C=O) groups is 1. The van der Waals surface area contributed by atoms with Gasteiger partial charge in [0, 0.05) is 6.54 Å². The summed E-state index contributed by atoms with van der Waals surface area (Å²) in [7, 11) is 0. The first kappa shape index (κ1) is 15.1. The van der Waals surface area contributed by atoms with Crippen LogP contribution in [-0.4, -0.2) is 29.6 Å². The van der Waals surface area contributed by atoms with Crippen molar-refractivity contribution in [1.82, 2.24) is 0 Å². The SMILES string of the molecule is CSCCCC(CN)(C(=O)O)c1ccccc1C. The van der Waals surface area contributed by atoms with Crippen LogP contribution in [0.1, 0.15) is 24.0 Å². The van der Waals surface area contributed by atoms with Crippen molar-refractivity contribution in [3.8, 4) is 0 Å². The van der Waals surface area contributed by atoms with Gasteiger partial charge in [-0.3, -0.25) is 4.79 Å². The molecule has 1 aromatic carbocycles. The van der Waals surface area contributed by atoms with Crippen molar-refractivity contribution in [3.63, 3.8) is 0 Å². The van der Waals surface area contributed by atoms with Gasteiger partial charge in [-0.2, -0.15) is 11.8 Å². The Bertz CT molecular complexity index is 409. The molecule has 0 aliphatic heterocycles. The van der Waals surface area contributed by atoms with Gasteiger partial charge < -0.3 is 10.8 Å². The molecule has 0 fully saturated rings. The molecule has 0 aliphatic carbocycles. The second-order valence-electron chi connectivity index (χ2n) is 4.50. The lowest BCUT2D eigenvalue weighted by molar-refractivity contribution is -0.143. The van der Waals surface area contributed by atoms with E-state index in [4.69, 9.17) is 5.73 Å². The van der Waals surface area contributed by atoms with Crippen LogP contribution in [0.25, 0.3) is 0 Å². The predicted octanol–water partition coefficient (Wildman–Crippen LogP) is 2.42. The van der Waals surface area contributed by atoms with Gasteiger partial charge in [0.2, 0.25) is 0 Å². The maximum absolute atomic E-state index is 11.7. The monoisotopic (exact) mass is 267 g/mol. The maximum atomic E-state index is 11.7. The summed E-state index contributed by atoms with van der Waals surface area (Å²) in [6, 6.07) is 7.63. The number of carboxylic acid groups (broad SMARTS) is 1. The molecule has 0 radical (unpaired) electrons. The smallest absolute Gasteiger partial charge is 0.315 e. The molecule has 18 heavy (non-hydrogen) atoms. The van der Waals surface area contributed by atoms with E-state index in [1.54, 1.807) is 11.8 Å². The van der Waals surface area contributed by atoms with Gasteiger partial charge in [0.15, 0.2) is 0 Å². The van der Waals surface area contributed by atoms with E-state index in [1.165, 1.54) is 0 Å². The molecule has 0 saturated heterocycles. The van der Waals surface area contributed by atoms with Gasteiger partial charge >= 0.3 is 5.97 Å². The Labute approximate surface area is 113 Å². The van der Waals surface area contributed by atoms with E-state index in [-0.39, 0.29) is 6.54 Å². The maximum Gasteiger partial charge on any atom is 0.315 e. The van der Waals surface area contributed by atoms with Crippen LogP contribution in [0.2, 0.25) is 0 Å². The first-order valence-corrected chi connectivity index (χ1v) is 7.46. The van der Waals surface area contributed by atoms with Crippen molar-refractivity contribution in [1.29, 1.82) is 0 Å². The molecule has 0 spiro atoms. The van der Waals surface area contributed by atoms with E-state index < -0.39 is 11.4 Å². The van der Waals surface area contributed by atoms with Crippen LogP contribution in [0.15, 0.2) is 24.3 Å². The summed E-state index contributed by atoms with van der Waals surface area (Å²) in [5, 5.41) is 9.61. The molecule has 1 unspecified atom stereocenters. The number of thioether (sulfide) groups is 1. The third-order valence-electron chi connectivity index (χ3n) is 3.37. The largest absolute Gasteiger partial charge is 0.481 e. The van der Waals surface area contributed by atoms with Gasteiger partial charge in [-0.1, -0.05) is 24.3 Å². The molecule has 0 saturated carbocycles. The number of carboxylic acids is 1. The number of hydrogen-bond donors (Lipinski definition) is 2. The average Bonchev–Trinajstić information content (AvgIpc) is 2.36. The molecule has 4 heteroatoms. The van der Waals surface area contributed by atoms with Crippen molar-refractivity contribution in [2.45, 2.75) is 25.2 Å². The zero-order valence-corrected chi connectivity index (χ0v) is 11.8. The molecular weight excluding hydrogens is 246 g/mol. The summed E-state index contributed by atoms with van der Waals surface area (Å²) in [6.07, 6.45) is 3.47. The minimum atomic E-state index is -0.943. The van der Waals surface area contributed by atoms with Gasteiger partial charge in [0.1, 0.15) is 5.41 Å². The average molecular weight is 267 g/mol. The van der Waals surface area contributed by atoms with Gasteiger partial charge in [-0.25, -0.2) is 0 Å². The second-order valence-corrected chi connectivity index (χ2v) is 5.49. The summed E-state index contributed by atoms with van der Waals surface area (Å²) in [6.45, 7) is 2.08. The zero-order chi connectivity index (χ0) is 13.6. The highest BCUT2D eigenvalue weighted by Crippen LogP contribution is 2.31. The van der Waals surface area contributed by atoms with Crippen molar-refractivity contribution >= 4 is 17.7 Å². The quantitative estimate of drug-likeness (QED) is 0.745. The van der Waals surface area contributed by atoms with Crippen LogP contribution in [0.5, 0.6) is 0 Å². The van der Waals surface area contributed by atoms with Crippen LogP contribution in [0.4, 0.5) is 0 Å². The fourth-order valence-electron chi connectivity index (χ4n) is 2.28. The molecule has 0 aliphatic rings. The molecule has 0 amide bonds. The Balaban J connectivity index is 3.11. The van der Waals surface area contributed by atoms with Crippen LogP contribution in [0.3, 0.4) is 0 Å². The molecule has 0 aromatic heterocycles. The molecular formula is C14H21NO2S. The minimum absolute atomic E-state index is 0.140. The number of nitrogens with two attached hydrogens (primary N) is 1. The fraction of sp³-hybridized carbons (Fsp3) is 0.500. The lowest BCUT2D eigenvalue weighted by Gasteiger charge is -2.30. The number of hydrogen-bond acceptors (Lipinski definition) is 3. The summed E-state index contributed by atoms with van der Waals surface area (Å²) >= 11 is 1.73. The molecule has 0 heterocycles. The summed E-state index contributed by atoms with van der Waals surface area (Å²) in [5.41, 5.74) is 6.70. The van der Waals surface area contributed by atoms with Crippen molar-refractivity contribution in [2.75, 3.05) is 18.6 Å². The molecule has 1 aromatic rings. The third-order valence-corrected chi connectivity index (χ3v) is 4.07. The summed E-state index contributed by atoms with van der Waals surface area (Å²) in [5.74, 6) is 0.140. The van der Waals surface area contributed by atoms with E-state index in [9.17, 15) is 9.90 Å². The highest BCUT2D eigenvalue weighted by atomic mass is 32.2.